The van der Waals surface area contributed by atoms with Crippen molar-refractivity contribution in [1.29, 1.82) is 0 Å². The van der Waals surface area contributed by atoms with E-state index in [1.54, 1.807) is 0 Å². The highest BCUT2D eigenvalue weighted by atomic mass is 16.2. The molecule has 0 aliphatic heterocycles. The average Bonchev–Trinajstić information content (AvgIpc) is 2.80. The number of nitrogens with zero attached hydrogens (tertiary/aromatic N) is 2. The topological polar surface area (TPSA) is 83.5 Å². The Labute approximate surface area is 110 Å². The van der Waals surface area contributed by atoms with Crippen LogP contribution >= 0.6 is 0 Å². The van der Waals surface area contributed by atoms with E-state index in [2.05, 4.69) is 35.7 Å². The molecule has 2 aromatic rings. The van der Waals surface area contributed by atoms with Crippen molar-refractivity contribution < 1.29 is 0 Å². The predicted molar refractivity (Wildman–Crippen MR) is 74.6 cm³/mol. The van der Waals surface area contributed by atoms with Crippen LogP contribution < -0.4 is 11.2 Å². The number of fused-ring (bicyclic) bond motifs is 1. The van der Waals surface area contributed by atoms with E-state index >= 15 is 0 Å². The molecule has 0 saturated carbocycles. The molecule has 6 nitrogen and oxygen atoms in total. The zero-order valence-corrected chi connectivity index (χ0v) is 11.8. The fourth-order valence-corrected chi connectivity index (χ4v) is 1.96. The number of imidazole rings is 1. The first-order valence-corrected chi connectivity index (χ1v) is 6.64. The van der Waals surface area contributed by atoms with Crippen LogP contribution in [0.5, 0.6) is 0 Å². The first-order chi connectivity index (χ1) is 8.90. The maximum atomic E-state index is 11.8. The molecule has 104 valence electrons. The maximum Gasteiger partial charge on any atom is 0.330 e. The Morgan fingerprint density at radius 2 is 1.89 bits per heavy atom. The van der Waals surface area contributed by atoms with Gasteiger partial charge in [0.05, 0.1) is 0 Å². The molecular weight excluding hydrogens is 244 g/mol. The molecule has 0 radical (unpaired) electrons. The van der Waals surface area contributed by atoms with Crippen molar-refractivity contribution >= 4 is 11.2 Å². The van der Waals surface area contributed by atoms with Gasteiger partial charge < -0.3 is 4.98 Å². The monoisotopic (exact) mass is 264 g/mol. The molecule has 0 saturated heterocycles. The summed E-state index contributed by atoms with van der Waals surface area (Å²) in [6.07, 6.45) is 1.70. The molecule has 0 unspecified atom stereocenters. The molecule has 2 heterocycles. The van der Waals surface area contributed by atoms with Crippen molar-refractivity contribution in [3.8, 4) is 0 Å². The van der Waals surface area contributed by atoms with Gasteiger partial charge in [0.15, 0.2) is 5.65 Å². The average molecular weight is 264 g/mol. The smallest absolute Gasteiger partial charge is 0.330 e. The number of nitrogens with one attached hydrogen (secondary N) is 2. The Hall–Kier alpha value is -1.85. The number of hydrogen-bond acceptors (Lipinski definition) is 3. The van der Waals surface area contributed by atoms with Crippen LogP contribution in [0.2, 0.25) is 0 Å². The fourth-order valence-electron chi connectivity index (χ4n) is 1.96. The van der Waals surface area contributed by atoms with Crippen molar-refractivity contribution in [2.45, 2.75) is 52.5 Å². The summed E-state index contributed by atoms with van der Waals surface area (Å²) >= 11 is 0. The fraction of sp³-hybridized carbons (Fsp3) is 0.615. The lowest BCUT2D eigenvalue weighted by Gasteiger charge is -2.18. The van der Waals surface area contributed by atoms with Crippen LogP contribution in [0.3, 0.4) is 0 Å². The largest absolute Gasteiger partial charge is 0.336 e. The molecule has 0 aromatic carbocycles. The molecule has 0 amide bonds. The molecule has 19 heavy (non-hydrogen) atoms. The Morgan fingerprint density at radius 3 is 2.47 bits per heavy atom. The summed E-state index contributed by atoms with van der Waals surface area (Å²) in [6.45, 7) is 8.70. The van der Waals surface area contributed by atoms with E-state index in [-0.39, 0.29) is 5.41 Å². The van der Waals surface area contributed by atoms with E-state index in [1.165, 1.54) is 4.57 Å². The van der Waals surface area contributed by atoms with Gasteiger partial charge in [0.2, 0.25) is 0 Å². The van der Waals surface area contributed by atoms with Crippen LogP contribution in [0.25, 0.3) is 11.2 Å². The van der Waals surface area contributed by atoms with E-state index in [0.29, 0.717) is 17.7 Å². The highest BCUT2D eigenvalue weighted by Gasteiger charge is 2.24. The number of aromatic amines is 2. The zero-order valence-electron chi connectivity index (χ0n) is 11.8. The number of rotatable bonds is 4. The van der Waals surface area contributed by atoms with Crippen LogP contribution in [0.4, 0.5) is 0 Å². The summed E-state index contributed by atoms with van der Waals surface area (Å²) in [6, 6.07) is 0. The summed E-state index contributed by atoms with van der Waals surface area (Å²) in [7, 11) is 0. The van der Waals surface area contributed by atoms with Crippen LogP contribution in [0, 0.1) is 0 Å². The first kappa shape index (κ1) is 13.6. The Bertz CT molecular complexity index is 705. The third kappa shape index (κ3) is 2.22. The highest BCUT2D eigenvalue weighted by molar-refractivity contribution is 5.69. The van der Waals surface area contributed by atoms with Crippen LogP contribution in [-0.2, 0) is 12.0 Å². The van der Waals surface area contributed by atoms with Crippen molar-refractivity contribution in [2.75, 3.05) is 0 Å². The lowest BCUT2D eigenvalue weighted by atomic mass is 9.90. The van der Waals surface area contributed by atoms with Crippen molar-refractivity contribution in [3.63, 3.8) is 0 Å². The van der Waals surface area contributed by atoms with Gasteiger partial charge in [0, 0.05) is 12.0 Å². The number of aryl methyl sites for hydroxylation is 1. The van der Waals surface area contributed by atoms with Gasteiger partial charge >= 0.3 is 5.69 Å². The van der Waals surface area contributed by atoms with E-state index in [9.17, 15) is 9.59 Å². The molecule has 6 heteroatoms. The molecule has 0 aliphatic carbocycles. The molecule has 2 rings (SSSR count). The van der Waals surface area contributed by atoms with Gasteiger partial charge in [-0.1, -0.05) is 27.7 Å². The molecule has 0 aliphatic rings. The minimum atomic E-state index is -0.405. The number of aromatic nitrogens is 4. The second-order valence-corrected chi connectivity index (χ2v) is 5.43. The van der Waals surface area contributed by atoms with Gasteiger partial charge in [-0.05, 0) is 12.8 Å². The molecule has 2 aromatic heterocycles. The van der Waals surface area contributed by atoms with E-state index in [1.807, 2.05) is 6.92 Å². The second-order valence-electron chi connectivity index (χ2n) is 5.43. The minimum absolute atomic E-state index is 0.154. The van der Waals surface area contributed by atoms with E-state index in [0.717, 1.165) is 18.7 Å². The Balaban J connectivity index is 2.78. The van der Waals surface area contributed by atoms with Gasteiger partial charge in [-0.2, -0.15) is 0 Å². The summed E-state index contributed by atoms with van der Waals surface area (Å²) < 4.78 is 1.52. The zero-order chi connectivity index (χ0) is 14.2. The highest BCUT2D eigenvalue weighted by Crippen LogP contribution is 2.24. The van der Waals surface area contributed by atoms with Crippen LogP contribution in [0.1, 0.15) is 46.4 Å². The predicted octanol–water partition coefficient (Wildman–Crippen LogP) is 1.51. The van der Waals surface area contributed by atoms with Gasteiger partial charge in [-0.15, -0.1) is 0 Å². The lowest BCUT2D eigenvalue weighted by molar-refractivity contribution is 0.478. The summed E-state index contributed by atoms with van der Waals surface area (Å²) in [5, 5.41) is 0. The summed E-state index contributed by atoms with van der Waals surface area (Å²) in [5.41, 5.74) is -0.125. The van der Waals surface area contributed by atoms with Crippen molar-refractivity contribution in [3.05, 3.63) is 26.7 Å². The normalized spacial score (nSPS) is 12.2. The SMILES string of the molecule is CCCn1c(=O)[nH]c(=O)c2[nH]c(C(C)(C)CC)nc21. The molecule has 0 atom stereocenters. The summed E-state index contributed by atoms with van der Waals surface area (Å²) in [5.74, 6) is 0.742. The molecule has 0 fully saturated rings. The molecule has 2 N–H and O–H groups in total. The third-order valence-electron chi connectivity index (χ3n) is 3.61. The standard InChI is InChI=1S/C13H20N4O2/c1-5-7-17-9-8(10(18)16-12(17)19)14-11(15-9)13(3,4)6-2/h5-7H2,1-4H3,(H,14,15)(H,16,18,19). The Morgan fingerprint density at radius 1 is 1.21 bits per heavy atom. The van der Waals surface area contributed by atoms with Crippen molar-refractivity contribution in [2.24, 2.45) is 0 Å². The summed E-state index contributed by atoms with van der Waals surface area (Å²) in [4.78, 5) is 33.5. The molecule has 0 spiro atoms. The van der Waals surface area contributed by atoms with E-state index < -0.39 is 11.2 Å². The van der Waals surface area contributed by atoms with Gasteiger partial charge in [-0.3, -0.25) is 14.3 Å². The number of hydrogen-bond donors (Lipinski definition) is 2. The second kappa shape index (κ2) is 4.68. The quantitative estimate of drug-likeness (QED) is 0.878. The molecule has 0 bridgehead atoms. The number of H-pyrrole nitrogens is 2. The maximum absolute atomic E-state index is 11.8. The van der Waals surface area contributed by atoms with Crippen molar-refractivity contribution in [1.82, 2.24) is 19.5 Å². The first-order valence-electron chi connectivity index (χ1n) is 6.64. The van der Waals surface area contributed by atoms with Gasteiger partial charge in [0.25, 0.3) is 5.56 Å². The minimum Gasteiger partial charge on any atom is -0.336 e. The Kier molecular flexibility index (Phi) is 3.34. The van der Waals surface area contributed by atoms with Gasteiger partial charge in [-0.25, -0.2) is 9.78 Å². The van der Waals surface area contributed by atoms with Gasteiger partial charge in [0.1, 0.15) is 11.3 Å². The molecular formula is C13H20N4O2. The lowest BCUT2D eigenvalue weighted by Crippen LogP contribution is -2.30. The van der Waals surface area contributed by atoms with E-state index in [4.69, 9.17) is 0 Å². The third-order valence-corrected chi connectivity index (χ3v) is 3.61. The van der Waals surface area contributed by atoms with Crippen LogP contribution in [-0.4, -0.2) is 19.5 Å². The van der Waals surface area contributed by atoms with Crippen LogP contribution in [0.15, 0.2) is 9.59 Å².